The molecule has 0 aromatic carbocycles. The first kappa shape index (κ1) is 15.0. The third-order valence-corrected chi connectivity index (χ3v) is 2.52. The number of aromatic nitrogens is 5. The quantitative estimate of drug-likeness (QED) is 0.837. The van der Waals surface area contributed by atoms with Crippen LogP contribution in [0.25, 0.3) is 0 Å². The van der Waals surface area contributed by atoms with Crippen molar-refractivity contribution < 1.29 is 9.47 Å². The van der Waals surface area contributed by atoms with Crippen LogP contribution in [0.4, 0.5) is 5.95 Å². The third kappa shape index (κ3) is 4.04. The van der Waals surface area contributed by atoms with Crippen molar-refractivity contribution in [1.29, 1.82) is 0 Å². The zero-order valence-corrected chi connectivity index (χ0v) is 12.7. The smallest absolute Gasteiger partial charge is 0.330 e. The Kier molecular flexibility index (Phi) is 4.91. The highest BCUT2D eigenvalue weighted by Crippen LogP contribution is 2.21. The Balaban J connectivity index is 2.20. The lowest BCUT2D eigenvalue weighted by Gasteiger charge is -2.07. The van der Waals surface area contributed by atoms with Crippen LogP contribution in [-0.4, -0.2) is 37.9 Å². The predicted molar refractivity (Wildman–Crippen MR) is 77.8 cm³/mol. The summed E-state index contributed by atoms with van der Waals surface area (Å²) in [6.07, 6.45) is 3.42. The Labute approximate surface area is 123 Å². The minimum absolute atomic E-state index is 0.174. The van der Waals surface area contributed by atoms with E-state index in [-0.39, 0.29) is 18.1 Å². The van der Waals surface area contributed by atoms with Crippen LogP contribution in [0.1, 0.15) is 33.7 Å². The summed E-state index contributed by atoms with van der Waals surface area (Å²) in [5.74, 6) is 0.988. The molecule has 0 saturated carbocycles. The summed E-state index contributed by atoms with van der Waals surface area (Å²) in [6, 6.07) is 0.666. The van der Waals surface area contributed by atoms with E-state index in [9.17, 15) is 0 Å². The van der Waals surface area contributed by atoms with Gasteiger partial charge in [-0.05, 0) is 27.7 Å². The average molecular weight is 292 g/mol. The molecule has 0 amide bonds. The Bertz CT molecular complexity index is 560. The van der Waals surface area contributed by atoms with E-state index in [1.165, 1.54) is 0 Å². The largest absolute Gasteiger partial charge is 0.464 e. The van der Waals surface area contributed by atoms with Gasteiger partial charge in [0.05, 0.1) is 19.0 Å². The highest BCUT2D eigenvalue weighted by Gasteiger charge is 2.10. The summed E-state index contributed by atoms with van der Waals surface area (Å²) in [7, 11) is 0. The second kappa shape index (κ2) is 6.87. The van der Waals surface area contributed by atoms with Crippen molar-refractivity contribution in [1.82, 2.24) is 24.7 Å². The summed E-state index contributed by atoms with van der Waals surface area (Å²) in [5, 5.41) is 7.22. The van der Waals surface area contributed by atoms with Gasteiger partial charge in [-0.3, -0.25) is 4.68 Å². The molecule has 2 heterocycles. The van der Waals surface area contributed by atoms with Crippen LogP contribution in [0.2, 0.25) is 0 Å². The molecule has 0 aliphatic rings. The van der Waals surface area contributed by atoms with Crippen LogP contribution < -0.4 is 14.8 Å². The average Bonchev–Trinajstić information content (AvgIpc) is 2.88. The highest BCUT2D eigenvalue weighted by molar-refractivity contribution is 5.28. The maximum Gasteiger partial charge on any atom is 0.330 e. The number of rotatable bonds is 7. The summed E-state index contributed by atoms with van der Waals surface area (Å²) < 4.78 is 12.7. The van der Waals surface area contributed by atoms with Crippen molar-refractivity contribution in [2.75, 3.05) is 18.5 Å². The van der Waals surface area contributed by atoms with Gasteiger partial charge in [0.15, 0.2) is 5.75 Å². The Morgan fingerprint density at radius 3 is 2.57 bits per heavy atom. The fourth-order valence-corrected chi connectivity index (χ4v) is 1.58. The third-order valence-electron chi connectivity index (χ3n) is 2.52. The molecule has 0 spiro atoms. The van der Waals surface area contributed by atoms with Crippen LogP contribution in [0.15, 0.2) is 12.4 Å². The second-order valence-corrected chi connectivity index (χ2v) is 4.54. The van der Waals surface area contributed by atoms with Crippen molar-refractivity contribution in [2.45, 2.75) is 33.7 Å². The molecule has 0 unspecified atom stereocenters. The van der Waals surface area contributed by atoms with Gasteiger partial charge in [-0.15, -0.1) is 4.98 Å². The molecule has 8 nitrogen and oxygen atoms in total. The van der Waals surface area contributed by atoms with E-state index >= 15 is 0 Å². The normalized spacial score (nSPS) is 10.7. The van der Waals surface area contributed by atoms with Gasteiger partial charge in [-0.25, -0.2) is 0 Å². The molecular formula is C13H20N6O2. The Morgan fingerprint density at radius 2 is 1.95 bits per heavy atom. The zero-order valence-electron chi connectivity index (χ0n) is 12.7. The van der Waals surface area contributed by atoms with E-state index < -0.39 is 0 Å². The first-order valence-corrected chi connectivity index (χ1v) is 6.97. The molecule has 0 radical (unpaired) electrons. The van der Waals surface area contributed by atoms with Gasteiger partial charge in [0, 0.05) is 12.6 Å². The first-order valence-electron chi connectivity index (χ1n) is 6.97. The fourth-order valence-electron chi connectivity index (χ4n) is 1.58. The van der Waals surface area contributed by atoms with E-state index in [1.54, 1.807) is 17.1 Å². The molecule has 2 aromatic rings. The van der Waals surface area contributed by atoms with Gasteiger partial charge in [0.2, 0.25) is 5.95 Å². The lowest BCUT2D eigenvalue weighted by molar-refractivity contribution is 0.304. The van der Waals surface area contributed by atoms with Crippen LogP contribution in [0, 0.1) is 0 Å². The number of nitrogens with one attached hydrogen (secondary N) is 1. The molecule has 0 aliphatic heterocycles. The molecule has 0 aliphatic carbocycles. The lowest BCUT2D eigenvalue weighted by atomic mass is 10.4. The van der Waals surface area contributed by atoms with Crippen molar-refractivity contribution >= 4 is 5.95 Å². The van der Waals surface area contributed by atoms with Gasteiger partial charge < -0.3 is 14.8 Å². The molecule has 21 heavy (non-hydrogen) atoms. The van der Waals surface area contributed by atoms with E-state index in [4.69, 9.17) is 9.47 Å². The number of ether oxygens (including phenoxy) is 2. The summed E-state index contributed by atoms with van der Waals surface area (Å²) >= 11 is 0. The van der Waals surface area contributed by atoms with Crippen molar-refractivity contribution in [3.8, 4) is 17.8 Å². The molecular weight excluding hydrogens is 272 g/mol. The summed E-state index contributed by atoms with van der Waals surface area (Å²) in [5.41, 5.74) is 0. The fraction of sp³-hybridized carbons (Fsp3) is 0.538. The van der Waals surface area contributed by atoms with Gasteiger partial charge >= 0.3 is 12.0 Å². The van der Waals surface area contributed by atoms with E-state index in [1.807, 2.05) is 27.7 Å². The lowest BCUT2D eigenvalue weighted by Crippen LogP contribution is -2.07. The van der Waals surface area contributed by atoms with Gasteiger partial charge in [0.1, 0.15) is 0 Å². The number of hydrogen-bond acceptors (Lipinski definition) is 7. The Morgan fingerprint density at radius 1 is 1.19 bits per heavy atom. The van der Waals surface area contributed by atoms with Crippen molar-refractivity contribution in [3.63, 3.8) is 0 Å². The minimum Gasteiger partial charge on any atom is -0.464 e. The molecule has 0 saturated heterocycles. The monoisotopic (exact) mass is 292 g/mol. The molecule has 114 valence electrons. The number of hydrogen-bond donors (Lipinski definition) is 1. The topological polar surface area (TPSA) is 87.0 Å². The summed E-state index contributed by atoms with van der Waals surface area (Å²) in [4.78, 5) is 12.4. The molecule has 1 N–H and O–H groups in total. The van der Waals surface area contributed by atoms with Crippen LogP contribution in [0.5, 0.6) is 17.8 Å². The van der Waals surface area contributed by atoms with E-state index in [0.29, 0.717) is 24.8 Å². The molecule has 2 rings (SSSR count). The molecule has 2 aromatic heterocycles. The van der Waals surface area contributed by atoms with Gasteiger partial charge in [0.25, 0.3) is 0 Å². The number of nitrogens with zero attached hydrogens (tertiary/aromatic N) is 5. The predicted octanol–water partition coefficient (Wildman–Crippen LogP) is 2.27. The molecule has 0 bridgehead atoms. The molecule has 8 heteroatoms. The summed E-state index contributed by atoms with van der Waals surface area (Å²) in [6.45, 7) is 9.06. The van der Waals surface area contributed by atoms with Crippen molar-refractivity contribution in [2.24, 2.45) is 0 Å². The second-order valence-electron chi connectivity index (χ2n) is 4.54. The minimum atomic E-state index is 0.174. The Hall–Kier alpha value is -2.38. The van der Waals surface area contributed by atoms with E-state index in [0.717, 1.165) is 0 Å². The van der Waals surface area contributed by atoms with Gasteiger partial charge in [-0.2, -0.15) is 15.1 Å². The maximum absolute atomic E-state index is 5.62. The number of anilines is 1. The maximum atomic E-state index is 5.62. The zero-order chi connectivity index (χ0) is 15.2. The highest BCUT2D eigenvalue weighted by atomic mass is 16.5. The van der Waals surface area contributed by atoms with Crippen LogP contribution in [0.3, 0.4) is 0 Å². The van der Waals surface area contributed by atoms with Crippen molar-refractivity contribution in [3.05, 3.63) is 12.4 Å². The molecule has 0 atom stereocenters. The first-order chi connectivity index (χ1) is 10.1. The van der Waals surface area contributed by atoms with Crippen LogP contribution >= 0.6 is 0 Å². The molecule has 0 fully saturated rings. The standard InChI is InChI=1S/C13H20N6O2/c1-5-14-11-16-12(20-6-2)18-13(17-11)21-10-7-15-19(8-10)9(3)4/h7-9H,5-6H2,1-4H3,(H,14,16,17,18). The van der Waals surface area contributed by atoms with Crippen LogP contribution in [-0.2, 0) is 0 Å². The van der Waals surface area contributed by atoms with E-state index in [2.05, 4.69) is 25.4 Å². The van der Waals surface area contributed by atoms with Gasteiger partial charge in [-0.1, -0.05) is 0 Å². The SMILES string of the molecule is CCNc1nc(OCC)nc(Oc2cnn(C(C)C)c2)n1.